The largest absolute Gasteiger partial charge is 0.309 e. The van der Waals surface area contributed by atoms with Crippen molar-refractivity contribution in [1.29, 1.82) is 0 Å². The summed E-state index contributed by atoms with van der Waals surface area (Å²) in [5.41, 5.74) is 6.86. The quantitative estimate of drug-likeness (QED) is 0.392. The lowest BCUT2D eigenvalue weighted by molar-refractivity contribution is 0.550. The maximum atomic E-state index is 6.86. The van der Waals surface area contributed by atoms with Gasteiger partial charge in [-0.3, -0.25) is 0 Å². The SMILES string of the molecule is CCCCCCCCCCCCC/C=C/[NH]. The summed E-state index contributed by atoms with van der Waals surface area (Å²) in [4.78, 5) is 0. The number of hydrogen-bond acceptors (Lipinski definition) is 0. The third-order valence-corrected chi connectivity index (χ3v) is 3.09. The fourth-order valence-corrected chi connectivity index (χ4v) is 2.01. The molecule has 1 heteroatoms. The van der Waals surface area contributed by atoms with E-state index in [0.717, 1.165) is 6.42 Å². The van der Waals surface area contributed by atoms with E-state index < -0.39 is 0 Å². The Hall–Kier alpha value is -0.460. The number of nitrogens with one attached hydrogen (secondary N) is 1. The van der Waals surface area contributed by atoms with Gasteiger partial charge in [0.1, 0.15) is 0 Å². The van der Waals surface area contributed by atoms with Crippen molar-refractivity contribution >= 4 is 0 Å². The van der Waals surface area contributed by atoms with Crippen molar-refractivity contribution in [2.75, 3.05) is 0 Å². The third kappa shape index (κ3) is 13.5. The lowest BCUT2D eigenvalue weighted by Crippen LogP contribution is -1.81. The molecular formula is C15H30N. The minimum atomic E-state index is 1.10. The van der Waals surface area contributed by atoms with E-state index in [1.165, 1.54) is 76.8 Å². The van der Waals surface area contributed by atoms with Crippen molar-refractivity contribution in [3.05, 3.63) is 12.3 Å². The molecule has 0 aliphatic carbocycles. The van der Waals surface area contributed by atoms with Crippen molar-refractivity contribution in [2.24, 2.45) is 0 Å². The maximum absolute atomic E-state index is 6.86. The van der Waals surface area contributed by atoms with Crippen LogP contribution in [0.15, 0.2) is 12.3 Å². The molecule has 0 aromatic heterocycles. The van der Waals surface area contributed by atoms with E-state index in [2.05, 4.69) is 6.92 Å². The summed E-state index contributed by atoms with van der Waals surface area (Å²) in [5, 5.41) is 0. The Morgan fingerprint density at radius 2 is 1.12 bits per heavy atom. The molecule has 0 bridgehead atoms. The average Bonchev–Trinajstić information content (AvgIpc) is 2.31. The van der Waals surface area contributed by atoms with Gasteiger partial charge in [0.15, 0.2) is 0 Å². The molecule has 1 radical (unpaired) electrons. The lowest BCUT2D eigenvalue weighted by Gasteiger charge is -2.01. The molecule has 0 unspecified atom stereocenters. The molecule has 0 aromatic rings. The van der Waals surface area contributed by atoms with Crippen LogP contribution >= 0.6 is 0 Å². The van der Waals surface area contributed by atoms with Gasteiger partial charge in [0.05, 0.1) is 0 Å². The fraction of sp³-hybridized carbons (Fsp3) is 0.867. The van der Waals surface area contributed by atoms with Gasteiger partial charge in [0.25, 0.3) is 0 Å². The summed E-state index contributed by atoms with van der Waals surface area (Å²) in [6, 6.07) is 0. The highest BCUT2D eigenvalue weighted by Crippen LogP contribution is 2.11. The van der Waals surface area contributed by atoms with Gasteiger partial charge < -0.3 is 5.73 Å². The Bertz CT molecular complexity index is 140. The first kappa shape index (κ1) is 15.5. The molecule has 0 atom stereocenters. The zero-order chi connectivity index (χ0) is 11.9. The van der Waals surface area contributed by atoms with Crippen molar-refractivity contribution in [3.8, 4) is 0 Å². The van der Waals surface area contributed by atoms with E-state index in [0.29, 0.717) is 0 Å². The van der Waals surface area contributed by atoms with E-state index in [-0.39, 0.29) is 0 Å². The average molecular weight is 224 g/mol. The van der Waals surface area contributed by atoms with Crippen LogP contribution in [0.2, 0.25) is 0 Å². The summed E-state index contributed by atoms with van der Waals surface area (Å²) in [5.74, 6) is 0. The van der Waals surface area contributed by atoms with Crippen LogP contribution in [-0.4, -0.2) is 0 Å². The Morgan fingerprint density at radius 3 is 1.56 bits per heavy atom. The van der Waals surface area contributed by atoms with Gasteiger partial charge in [0, 0.05) is 6.20 Å². The molecule has 16 heavy (non-hydrogen) atoms. The summed E-state index contributed by atoms with van der Waals surface area (Å²) >= 11 is 0. The molecule has 0 saturated heterocycles. The highest BCUT2D eigenvalue weighted by molar-refractivity contribution is 4.74. The van der Waals surface area contributed by atoms with Crippen molar-refractivity contribution < 1.29 is 0 Å². The highest BCUT2D eigenvalue weighted by atomic mass is 14.5. The molecule has 0 heterocycles. The van der Waals surface area contributed by atoms with Crippen LogP contribution in [0.25, 0.3) is 0 Å². The number of rotatable bonds is 12. The van der Waals surface area contributed by atoms with Gasteiger partial charge in [-0.15, -0.1) is 0 Å². The van der Waals surface area contributed by atoms with Gasteiger partial charge in [0.2, 0.25) is 0 Å². The van der Waals surface area contributed by atoms with E-state index in [4.69, 9.17) is 5.73 Å². The molecule has 0 aliphatic heterocycles. The van der Waals surface area contributed by atoms with Crippen LogP contribution in [0.1, 0.15) is 84.0 Å². The minimum absolute atomic E-state index is 1.10. The minimum Gasteiger partial charge on any atom is -0.309 e. The van der Waals surface area contributed by atoms with Crippen LogP contribution in [0.5, 0.6) is 0 Å². The molecule has 0 saturated carbocycles. The topological polar surface area (TPSA) is 23.8 Å². The monoisotopic (exact) mass is 224 g/mol. The van der Waals surface area contributed by atoms with Crippen molar-refractivity contribution in [3.63, 3.8) is 0 Å². The predicted octanol–water partition coefficient (Wildman–Crippen LogP) is 5.48. The molecule has 0 spiro atoms. The van der Waals surface area contributed by atoms with Gasteiger partial charge in [-0.1, -0.05) is 77.2 Å². The van der Waals surface area contributed by atoms with Gasteiger partial charge in [-0.2, -0.15) is 0 Å². The zero-order valence-corrected chi connectivity index (χ0v) is 11.1. The molecule has 1 N–H and O–H groups in total. The summed E-state index contributed by atoms with van der Waals surface area (Å²) in [6.07, 6.45) is 19.9. The van der Waals surface area contributed by atoms with Crippen LogP contribution in [0.4, 0.5) is 0 Å². The van der Waals surface area contributed by atoms with Crippen LogP contribution in [0.3, 0.4) is 0 Å². The Kier molecular flexibility index (Phi) is 14.1. The molecule has 0 rings (SSSR count). The van der Waals surface area contributed by atoms with E-state index in [1.807, 2.05) is 6.08 Å². The van der Waals surface area contributed by atoms with E-state index in [9.17, 15) is 0 Å². The number of allylic oxidation sites excluding steroid dienone is 1. The molecule has 0 fully saturated rings. The third-order valence-electron chi connectivity index (χ3n) is 3.09. The van der Waals surface area contributed by atoms with Crippen molar-refractivity contribution in [1.82, 2.24) is 5.73 Å². The van der Waals surface area contributed by atoms with Crippen molar-refractivity contribution in [2.45, 2.75) is 84.0 Å². The first-order chi connectivity index (χ1) is 7.91. The van der Waals surface area contributed by atoms with Gasteiger partial charge in [-0.25, -0.2) is 0 Å². The lowest BCUT2D eigenvalue weighted by atomic mass is 10.1. The van der Waals surface area contributed by atoms with E-state index in [1.54, 1.807) is 0 Å². The summed E-state index contributed by atoms with van der Waals surface area (Å²) in [7, 11) is 0. The highest BCUT2D eigenvalue weighted by Gasteiger charge is 1.92. The molecule has 1 nitrogen and oxygen atoms in total. The first-order valence-electron chi connectivity index (χ1n) is 7.24. The van der Waals surface area contributed by atoms with Crippen LogP contribution in [0, 0.1) is 0 Å². The summed E-state index contributed by atoms with van der Waals surface area (Å²) in [6.45, 7) is 2.27. The fourth-order valence-electron chi connectivity index (χ4n) is 2.01. The maximum Gasteiger partial charge on any atom is 0.0137 e. The van der Waals surface area contributed by atoms with Crippen LogP contribution in [-0.2, 0) is 0 Å². The smallest absolute Gasteiger partial charge is 0.0137 e. The van der Waals surface area contributed by atoms with Gasteiger partial charge in [-0.05, 0) is 12.8 Å². The zero-order valence-electron chi connectivity index (χ0n) is 11.1. The molecule has 95 valence electrons. The number of unbranched alkanes of at least 4 members (excludes halogenated alkanes) is 11. The Morgan fingerprint density at radius 1 is 0.688 bits per heavy atom. The summed E-state index contributed by atoms with van der Waals surface area (Å²) < 4.78 is 0. The van der Waals surface area contributed by atoms with E-state index >= 15 is 0 Å². The second-order valence-electron chi connectivity index (χ2n) is 4.73. The standard InChI is InChI=1S/C15H30N/c1-2-3-4-5-6-7-8-9-10-11-12-13-14-15-16/h14-16H,2-13H2,1H3/b15-14+. The Labute approximate surface area is 102 Å². The first-order valence-corrected chi connectivity index (χ1v) is 7.24. The molecular weight excluding hydrogens is 194 g/mol. The van der Waals surface area contributed by atoms with Crippen LogP contribution < -0.4 is 5.73 Å². The predicted molar refractivity (Wildman–Crippen MR) is 73.3 cm³/mol. The normalized spacial score (nSPS) is 11.3. The molecule has 0 amide bonds. The molecule has 0 aliphatic rings. The second kappa shape index (κ2) is 14.5. The number of hydrogen-bond donors (Lipinski definition) is 0. The Balaban J connectivity index is 2.88. The molecule has 0 aromatic carbocycles. The van der Waals surface area contributed by atoms with Gasteiger partial charge >= 0.3 is 0 Å². The second-order valence-corrected chi connectivity index (χ2v) is 4.73.